The highest BCUT2D eigenvalue weighted by atomic mass is 16.3. The van der Waals surface area contributed by atoms with Crippen molar-refractivity contribution in [2.24, 2.45) is 0 Å². The van der Waals surface area contributed by atoms with Crippen molar-refractivity contribution in [1.29, 1.82) is 0 Å². The highest BCUT2D eigenvalue weighted by Gasteiger charge is 2.29. The Morgan fingerprint density at radius 1 is 0.957 bits per heavy atom. The van der Waals surface area contributed by atoms with Crippen LogP contribution in [0.3, 0.4) is 0 Å². The van der Waals surface area contributed by atoms with Crippen molar-refractivity contribution in [1.82, 2.24) is 9.80 Å². The molecule has 1 aromatic rings. The summed E-state index contributed by atoms with van der Waals surface area (Å²) in [5, 5.41) is 19.3. The lowest BCUT2D eigenvalue weighted by Crippen LogP contribution is -2.47. The van der Waals surface area contributed by atoms with Gasteiger partial charge in [-0.15, -0.1) is 0 Å². The summed E-state index contributed by atoms with van der Waals surface area (Å²) < 4.78 is 0. The number of hydrogen-bond acceptors (Lipinski definition) is 5. The van der Waals surface area contributed by atoms with Gasteiger partial charge in [-0.1, -0.05) is 18.2 Å². The Hall–Kier alpha value is -1.14. The molecular formula is C18H29N3O2. The quantitative estimate of drug-likeness (QED) is 0.852. The number of rotatable bonds is 4. The number of nitrogens with zero attached hydrogens (tertiary/aromatic N) is 3. The van der Waals surface area contributed by atoms with E-state index in [1.165, 1.54) is 5.69 Å². The highest BCUT2D eigenvalue weighted by molar-refractivity contribution is 5.46. The lowest BCUT2D eigenvalue weighted by Gasteiger charge is -2.39. The van der Waals surface area contributed by atoms with E-state index in [2.05, 4.69) is 45.0 Å². The number of benzene rings is 1. The van der Waals surface area contributed by atoms with Crippen molar-refractivity contribution >= 4 is 5.69 Å². The number of β-amino-alcohol motifs (C(OH)–C–C–N with tert-alkyl or cyclic N) is 2. The molecule has 0 bridgehead atoms. The minimum Gasteiger partial charge on any atom is -0.395 e. The van der Waals surface area contributed by atoms with Gasteiger partial charge in [0.15, 0.2) is 0 Å². The molecule has 0 aliphatic carbocycles. The molecule has 5 heteroatoms. The van der Waals surface area contributed by atoms with Crippen LogP contribution in [-0.2, 0) is 0 Å². The van der Waals surface area contributed by atoms with E-state index >= 15 is 0 Å². The summed E-state index contributed by atoms with van der Waals surface area (Å²) in [6.45, 7) is 6.38. The fourth-order valence-corrected chi connectivity index (χ4v) is 3.88. The minimum atomic E-state index is -0.309. The first-order valence-corrected chi connectivity index (χ1v) is 8.81. The zero-order valence-electron chi connectivity index (χ0n) is 13.8. The second-order valence-corrected chi connectivity index (χ2v) is 6.73. The van der Waals surface area contributed by atoms with Crippen molar-refractivity contribution in [2.45, 2.75) is 25.0 Å². The molecular weight excluding hydrogens is 290 g/mol. The Morgan fingerprint density at radius 3 is 2.39 bits per heavy atom. The van der Waals surface area contributed by atoms with E-state index in [9.17, 15) is 5.11 Å². The molecule has 128 valence electrons. The summed E-state index contributed by atoms with van der Waals surface area (Å²) in [5.41, 5.74) is 1.32. The molecule has 2 aliphatic rings. The summed E-state index contributed by atoms with van der Waals surface area (Å²) >= 11 is 0. The minimum absolute atomic E-state index is 0.169. The monoisotopic (exact) mass is 319 g/mol. The molecule has 23 heavy (non-hydrogen) atoms. The molecule has 1 aromatic carbocycles. The summed E-state index contributed by atoms with van der Waals surface area (Å²) in [5.74, 6) is 0. The van der Waals surface area contributed by atoms with Gasteiger partial charge in [0.1, 0.15) is 0 Å². The average Bonchev–Trinajstić information content (AvgIpc) is 2.77. The Balaban J connectivity index is 1.53. The van der Waals surface area contributed by atoms with Gasteiger partial charge in [-0.3, -0.25) is 9.80 Å². The second kappa shape index (κ2) is 8.11. The van der Waals surface area contributed by atoms with Crippen LogP contribution in [0.4, 0.5) is 5.69 Å². The molecule has 2 N–H and O–H groups in total. The molecule has 2 saturated heterocycles. The van der Waals surface area contributed by atoms with E-state index in [-0.39, 0.29) is 12.7 Å². The maximum atomic E-state index is 10.2. The molecule has 0 radical (unpaired) electrons. The molecule has 3 rings (SSSR count). The second-order valence-electron chi connectivity index (χ2n) is 6.73. The topological polar surface area (TPSA) is 50.2 Å². The zero-order valence-corrected chi connectivity index (χ0v) is 13.8. The van der Waals surface area contributed by atoms with Crippen LogP contribution in [0, 0.1) is 0 Å². The highest BCUT2D eigenvalue weighted by Crippen LogP contribution is 2.23. The van der Waals surface area contributed by atoms with Gasteiger partial charge < -0.3 is 15.1 Å². The molecule has 0 amide bonds. The SMILES string of the molecule is OCCN1CCN(C2CCN(c3ccccc3)CC2)C[C@H](O)C1. The van der Waals surface area contributed by atoms with Gasteiger partial charge in [0.25, 0.3) is 0 Å². The van der Waals surface area contributed by atoms with Gasteiger partial charge in [0.2, 0.25) is 0 Å². The maximum absolute atomic E-state index is 10.2. The van der Waals surface area contributed by atoms with Crippen molar-refractivity contribution < 1.29 is 10.2 Å². The number of para-hydroxylation sites is 1. The zero-order chi connectivity index (χ0) is 16.1. The van der Waals surface area contributed by atoms with Gasteiger partial charge in [0.05, 0.1) is 12.7 Å². The number of piperidine rings is 1. The van der Waals surface area contributed by atoms with Crippen molar-refractivity contribution in [3.05, 3.63) is 30.3 Å². The molecule has 1 atom stereocenters. The average molecular weight is 319 g/mol. The predicted molar refractivity (Wildman–Crippen MR) is 92.8 cm³/mol. The molecule has 2 heterocycles. The van der Waals surface area contributed by atoms with Gasteiger partial charge in [-0.2, -0.15) is 0 Å². The third kappa shape index (κ3) is 4.44. The van der Waals surface area contributed by atoms with Gasteiger partial charge in [0, 0.05) is 57.5 Å². The van der Waals surface area contributed by atoms with E-state index in [0.717, 1.165) is 45.6 Å². The van der Waals surface area contributed by atoms with Crippen molar-refractivity contribution in [3.63, 3.8) is 0 Å². The lowest BCUT2D eigenvalue weighted by atomic mass is 10.0. The van der Waals surface area contributed by atoms with E-state index in [1.807, 2.05) is 0 Å². The molecule has 5 nitrogen and oxygen atoms in total. The number of anilines is 1. The van der Waals surface area contributed by atoms with E-state index in [4.69, 9.17) is 5.11 Å². The maximum Gasteiger partial charge on any atom is 0.0793 e. The van der Waals surface area contributed by atoms with Crippen LogP contribution in [0.25, 0.3) is 0 Å². The predicted octanol–water partition coefficient (Wildman–Crippen LogP) is 0.626. The first kappa shape index (κ1) is 16.7. The van der Waals surface area contributed by atoms with Crippen LogP contribution >= 0.6 is 0 Å². The van der Waals surface area contributed by atoms with Gasteiger partial charge in [-0.05, 0) is 25.0 Å². The summed E-state index contributed by atoms with van der Waals surface area (Å²) in [7, 11) is 0. The first-order chi connectivity index (χ1) is 11.3. The molecule has 0 spiro atoms. The molecule has 0 aromatic heterocycles. The molecule has 0 unspecified atom stereocenters. The molecule has 2 aliphatic heterocycles. The third-order valence-corrected chi connectivity index (χ3v) is 5.14. The van der Waals surface area contributed by atoms with Crippen LogP contribution in [0.5, 0.6) is 0 Å². The number of aliphatic hydroxyl groups is 2. The van der Waals surface area contributed by atoms with Gasteiger partial charge in [-0.25, -0.2) is 0 Å². The van der Waals surface area contributed by atoms with E-state index in [0.29, 0.717) is 19.1 Å². The van der Waals surface area contributed by atoms with Crippen molar-refractivity contribution in [3.8, 4) is 0 Å². The van der Waals surface area contributed by atoms with Crippen LogP contribution in [0.1, 0.15) is 12.8 Å². The normalized spacial score (nSPS) is 25.5. The summed E-state index contributed by atoms with van der Waals surface area (Å²) in [4.78, 5) is 7.09. The Bertz CT molecular complexity index is 463. The largest absolute Gasteiger partial charge is 0.395 e. The smallest absolute Gasteiger partial charge is 0.0793 e. The standard InChI is InChI=1S/C18H29N3O2/c22-13-12-19-10-11-21(15-18(23)14-19)17-6-8-20(9-7-17)16-4-2-1-3-5-16/h1-5,17-18,22-23H,6-15H2/t18-/m1/s1. The van der Waals surface area contributed by atoms with Crippen molar-refractivity contribution in [2.75, 3.05) is 57.3 Å². The lowest BCUT2D eigenvalue weighted by molar-refractivity contribution is 0.0853. The Kier molecular flexibility index (Phi) is 5.89. The molecule has 0 saturated carbocycles. The third-order valence-electron chi connectivity index (χ3n) is 5.14. The van der Waals surface area contributed by atoms with Gasteiger partial charge >= 0.3 is 0 Å². The fraction of sp³-hybridized carbons (Fsp3) is 0.667. The van der Waals surface area contributed by atoms with Crippen LogP contribution in [-0.4, -0.2) is 84.6 Å². The van der Waals surface area contributed by atoms with Crippen LogP contribution < -0.4 is 4.90 Å². The summed E-state index contributed by atoms with van der Waals surface area (Å²) in [6, 6.07) is 11.2. The first-order valence-electron chi connectivity index (χ1n) is 8.81. The molecule has 2 fully saturated rings. The van der Waals surface area contributed by atoms with E-state index in [1.54, 1.807) is 0 Å². The van der Waals surface area contributed by atoms with E-state index < -0.39 is 0 Å². The number of hydrogen-bond donors (Lipinski definition) is 2. The fourth-order valence-electron chi connectivity index (χ4n) is 3.88. The Labute approximate surface area is 139 Å². The van der Waals surface area contributed by atoms with Crippen LogP contribution in [0.15, 0.2) is 30.3 Å². The summed E-state index contributed by atoms with van der Waals surface area (Å²) in [6.07, 6.45) is 2.00. The Morgan fingerprint density at radius 2 is 1.70 bits per heavy atom. The number of aliphatic hydroxyl groups excluding tert-OH is 2. The van der Waals surface area contributed by atoms with Crippen LogP contribution in [0.2, 0.25) is 0 Å².